The third-order valence-corrected chi connectivity index (χ3v) is 4.55. The Kier molecular flexibility index (Phi) is 6.26. The molecule has 0 saturated carbocycles. The van der Waals surface area contributed by atoms with Crippen LogP contribution in [0.15, 0.2) is 45.9 Å². The Balaban J connectivity index is 0.00000208. The van der Waals surface area contributed by atoms with Gasteiger partial charge in [-0.1, -0.05) is 42.4 Å². The lowest BCUT2D eigenvalue weighted by Gasteiger charge is -2.26. The lowest BCUT2D eigenvalue weighted by molar-refractivity contribution is 0.372. The van der Waals surface area contributed by atoms with Gasteiger partial charge in [-0.15, -0.1) is 24.0 Å². The van der Waals surface area contributed by atoms with E-state index in [1.165, 1.54) is 5.56 Å². The minimum absolute atomic E-state index is 0. The first kappa shape index (κ1) is 18.8. The lowest BCUT2D eigenvalue weighted by atomic mass is 9.82. The number of nitrogens with one attached hydrogen (secondary N) is 1. The molecule has 1 N–H and O–H groups in total. The second kappa shape index (κ2) is 8.00. The summed E-state index contributed by atoms with van der Waals surface area (Å²) in [5, 5.41) is 7.28. The second-order valence-corrected chi connectivity index (χ2v) is 6.43. The normalized spacial score (nSPS) is 20.8. The van der Waals surface area contributed by atoms with Gasteiger partial charge in [0, 0.05) is 31.6 Å². The predicted octanol–water partition coefficient (Wildman–Crippen LogP) is 3.34. The Hall–Kier alpha value is -1.57. The minimum Gasteiger partial charge on any atom is -0.359 e. The molecule has 0 bridgehead atoms. The van der Waals surface area contributed by atoms with Crippen molar-refractivity contribution in [2.24, 2.45) is 4.99 Å². The summed E-state index contributed by atoms with van der Waals surface area (Å²) >= 11 is 0. The van der Waals surface area contributed by atoms with Crippen LogP contribution in [0.5, 0.6) is 0 Å². The molecule has 2 heterocycles. The van der Waals surface area contributed by atoms with Crippen molar-refractivity contribution in [1.29, 1.82) is 0 Å². The first-order valence-electron chi connectivity index (χ1n) is 8.04. The first-order chi connectivity index (χ1) is 11.1. The van der Waals surface area contributed by atoms with Crippen molar-refractivity contribution < 1.29 is 4.52 Å². The molecular weight excluding hydrogens is 415 g/mol. The second-order valence-electron chi connectivity index (χ2n) is 6.43. The fourth-order valence-corrected chi connectivity index (χ4v) is 3.22. The van der Waals surface area contributed by atoms with Gasteiger partial charge in [-0.05, 0) is 18.9 Å². The summed E-state index contributed by atoms with van der Waals surface area (Å²) in [7, 11) is 1.83. The maximum atomic E-state index is 5.25. The van der Waals surface area contributed by atoms with E-state index in [1.807, 2.05) is 20.0 Å². The standard InChI is InChI=1S/C18H24N4O.HI/c1-14-11-16(23-21-14)12-20-17(19-3)22-10-9-18(2,13-22)15-7-5-4-6-8-15;/h4-8,11H,9-10,12-13H2,1-3H3,(H,19,20);1H. The maximum Gasteiger partial charge on any atom is 0.194 e. The molecule has 0 aliphatic carbocycles. The third-order valence-electron chi connectivity index (χ3n) is 4.55. The SMILES string of the molecule is CN=C(NCc1cc(C)no1)N1CCC(C)(c2ccccc2)C1.I. The van der Waals surface area contributed by atoms with Gasteiger partial charge in [0.1, 0.15) is 0 Å². The molecule has 0 spiro atoms. The molecule has 24 heavy (non-hydrogen) atoms. The van der Waals surface area contributed by atoms with Gasteiger partial charge in [-0.2, -0.15) is 0 Å². The third kappa shape index (κ3) is 4.09. The Labute approximate surface area is 160 Å². The van der Waals surface area contributed by atoms with E-state index in [2.05, 4.69) is 57.6 Å². The fourth-order valence-electron chi connectivity index (χ4n) is 3.22. The maximum absolute atomic E-state index is 5.25. The van der Waals surface area contributed by atoms with E-state index in [0.29, 0.717) is 6.54 Å². The van der Waals surface area contributed by atoms with E-state index in [9.17, 15) is 0 Å². The van der Waals surface area contributed by atoms with Crippen LogP contribution in [0.2, 0.25) is 0 Å². The van der Waals surface area contributed by atoms with Crippen molar-refractivity contribution >= 4 is 29.9 Å². The molecule has 5 nitrogen and oxygen atoms in total. The Morgan fingerprint density at radius 1 is 1.38 bits per heavy atom. The van der Waals surface area contributed by atoms with Crippen LogP contribution in [0.1, 0.15) is 30.4 Å². The van der Waals surface area contributed by atoms with Crippen molar-refractivity contribution in [1.82, 2.24) is 15.4 Å². The van der Waals surface area contributed by atoms with Crippen LogP contribution >= 0.6 is 24.0 Å². The van der Waals surface area contributed by atoms with Gasteiger partial charge >= 0.3 is 0 Å². The molecule has 1 aromatic carbocycles. The van der Waals surface area contributed by atoms with E-state index in [-0.39, 0.29) is 29.4 Å². The molecule has 1 aliphatic heterocycles. The number of nitrogens with zero attached hydrogens (tertiary/aromatic N) is 3. The summed E-state index contributed by atoms with van der Waals surface area (Å²) in [5.41, 5.74) is 2.46. The quantitative estimate of drug-likeness (QED) is 0.452. The highest BCUT2D eigenvalue weighted by Gasteiger charge is 2.36. The molecule has 0 amide bonds. The van der Waals surface area contributed by atoms with Crippen LogP contribution in [-0.2, 0) is 12.0 Å². The summed E-state index contributed by atoms with van der Waals surface area (Å²) in [6.45, 7) is 6.82. The predicted molar refractivity (Wildman–Crippen MR) is 107 cm³/mol. The van der Waals surface area contributed by atoms with E-state index in [4.69, 9.17) is 4.52 Å². The van der Waals surface area contributed by atoms with E-state index >= 15 is 0 Å². The van der Waals surface area contributed by atoms with E-state index < -0.39 is 0 Å². The topological polar surface area (TPSA) is 53.7 Å². The van der Waals surface area contributed by atoms with Crippen LogP contribution < -0.4 is 5.32 Å². The van der Waals surface area contributed by atoms with Gasteiger partial charge in [0.15, 0.2) is 11.7 Å². The van der Waals surface area contributed by atoms with Crippen molar-refractivity contribution in [2.75, 3.05) is 20.1 Å². The first-order valence-corrected chi connectivity index (χ1v) is 8.04. The number of halogens is 1. The number of aliphatic imine (C=N–C) groups is 1. The average molecular weight is 440 g/mol. The number of aromatic nitrogens is 1. The number of aryl methyl sites for hydroxylation is 1. The summed E-state index contributed by atoms with van der Waals surface area (Å²) < 4.78 is 5.25. The molecule has 1 aromatic heterocycles. The monoisotopic (exact) mass is 440 g/mol. The summed E-state index contributed by atoms with van der Waals surface area (Å²) in [6, 6.07) is 12.7. The highest BCUT2D eigenvalue weighted by Crippen LogP contribution is 2.33. The molecular formula is C18H25IN4O. The summed E-state index contributed by atoms with van der Waals surface area (Å²) in [4.78, 5) is 6.74. The highest BCUT2D eigenvalue weighted by molar-refractivity contribution is 14.0. The van der Waals surface area contributed by atoms with E-state index in [0.717, 1.165) is 36.9 Å². The van der Waals surface area contributed by atoms with Crippen molar-refractivity contribution in [2.45, 2.75) is 32.2 Å². The molecule has 0 radical (unpaired) electrons. The molecule has 1 atom stereocenters. The smallest absolute Gasteiger partial charge is 0.194 e. The molecule has 1 unspecified atom stereocenters. The molecule has 130 valence electrons. The lowest BCUT2D eigenvalue weighted by Crippen LogP contribution is -2.41. The Morgan fingerprint density at radius 2 is 2.12 bits per heavy atom. The number of hydrogen-bond donors (Lipinski definition) is 1. The average Bonchev–Trinajstić information content (AvgIpc) is 3.16. The number of likely N-dealkylation sites (tertiary alicyclic amines) is 1. The molecule has 6 heteroatoms. The van der Waals surface area contributed by atoms with Gasteiger partial charge in [-0.3, -0.25) is 4.99 Å². The number of guanidine groups is 1. The number of hydrogen-bond acceptors (Lipinski definition) is 3. The molecule has 1 fully saturated rings. The van der Waals surface area contributed by atoms with Crippen molar-refractivity contribution in [3.8, 4) is 0 Å². The van der Waals surface area contributed by atoms with Gasteiger partial charge in [-0.25, -0.2) is 0 Å². The van der Waals surface area contributed by atoms with Crippen molar-refractivity contribution in [3.05, 3.63) is 53.4 Å². The van der Waals surface area contributed by atoms with Crippen LogP contribution in [0.25, 0.3) is 0 Å². The fraction of sp³-hybridized carbons (Fsp3) is 0.444. The number of benzene rings is 1. The van der Waals surface area contributed by atoms with Crippen LogP contribution in [0.3, 0.4) is 0 Å². The zero-order valence-corrected chi connectivity index (χ0v) is 16.8. The van der Waals surface area contributed by atoms with Crippen molar-refractivity contribution in [3.63, 3.8) is 0 Å². The Bertz CT molecular complexity index is 685. The zero-order valence-electron chi connectivity index (χ0n) is 14.5. The molecule has 2 aromatic rings. The van der Waals surface area contributed by atoms with Gasteiger partial charge < -0.3 is 14.7 Å². The summed E-state index contributed by atoms with van der Waals surface area (Å²) in [5.74, 6) is 1.74. The van der Waals surface area contributed by atoms with Crippen LogP contribution in [-0.4, -0.2) is 36.2 Å². The van der Waals surface area contributed by atoms with E-state index in [1.54, 1.807) is 0 Å². The van der Waals surface area contributed by atoms with Crippen LogP contribution in [0, 0.1) is 6.92 Å². The highest BCUT2D eigenvalue weighted by atomic mass is 127. The molecule has 1 aliphatic rings. The molecule has 3 rings (SSSR count). The molecule has 1 saturated heterocycles. The van der Waals surface area contributed by atoms with Crippen LogP contribution in [0.4, 0.5) is 0 Å². The Morgan fingerprint density at radius 3 is 2.75 bits per heavy atom. The minimum atomic E-state index is 0. The largest absolute Gasteiger partial charge is 0.359 e. The van der Waals surface area contributed by atoms with Gasteiger partial charge in [0.05, 0.1) is 12.2 Å². The zero-order chi connectivity index (χ0) is 16.3. The number of rotatable bonds is 3. The van der Waals surface area contributed by atoms with Gasteiger partial charge in [0.25, 0.3) is 0 Å². The van der Waals surface area contributed by atoms with Gasteiger partial charge in [0.2, 0.25) is 0 Å². The summed E-state index contributed by atoms with van der Waals surface area (Å²) in [6.07, 6.45) is 1.12.